The molecule has 4 unspecified atom stereocenters. The van der Waals surface area contributed by atoms with Crippen LogP contribution in [0.4, 0.5) is 23.4 Å². The van der Waals surface area contributed by atoms with Crippen molar-refractivity contribution in [1.29, 1.82) is 0 Å². The van der Waals surface area contributed by atoms with Crippen LogP contribution in [0.5, 0.6) is 0 Å². The molecule has 2 N–H and O–H groups in total. The maximum Gasteiger partial charge on any atom is 0.475 e. The van der Waals surface area contributed by atoms with Crippen molar-refractivity contribution in [1.82, 2.24) is 19.5 Å². The maximum atomic E-state index is 15.3. The topological polar surface area (TPSA) is 124 Å². The number of alkyl halides is 4. The molecule has 0 spiro atoms. The number of ether oxygens (including phenoxy) is 1. The number of nitrogens with zero attached hydrogens (tertiary/aromatic N) is 4. The summed E-state index contributed by atoms with van der Waals surface area (Å²) in [5, 5.41) is 0. The number of rotatable bonds is 4. The first-order chi connectivity index (χ1) is 13.5. The second kappa shape index (κ2) is 6.57. The second-order valence-corrected chi connectivity index (χ2v) is 8.42. The van der Waals surface area contributed by atoms with Crippen LogP contribution in [0.2, 0.25) is 0 Å². The number of hydrogen-bond acceptors (Lipinski definition) is 9. The van der Waals surface area contributed by atoms with Crippen LogP contribution in [0.25, 0.3) is 11.2 Å². The van der Waals surface area contributed by atoms with Gasteiger partial charge in [-0.25, -0.2) is 28.3 Å². The van der Waals surface area contributed by atoms with Crippen LogP contribution in [-0.4, -0.2) is 56.3 Å². The highest BCUT2D eigenvalue weighted by Gasteiger charge is 2.75. The van der Waals surface area contributed by atoms with Gasteiger partial charge in [0.2, 0.25) is 6.23 Å². The number of phosphoric ester groups is 1. The van der Waals surface area contributed by atoms with E-state index in [0.717, 1.165) is 17.2 Å². The van der Waals surface area contributed by atoms with E-state index < -0.39 is 50.8 Å². The Morgan fingerprint density at radius 3 is 2.72 bits per heavy atom. The number of nitrogens with two attached hydrogens (primary N) is 1. The molecule has 160 valence electrons. The summed E-state index contributed by atoms with van der Waals surface area (Å²) in [6, 6.07) is 0. The fraction of sp³-hybridized carbons (Fsp3) is 0.643. The number of nitrogen functional groups attached to an aromatic ring is 1. The molecule has 4 rings (SSSR count). The summed E-state index contributed by atoms with van der Waals surface area (Å²) < 4.78 is 91.3. The molecular weight excluding hydrogens is 425 g/mol. The summed E-state index contributed by atoms with van der Waals surface area (Å²) in [5.74, 6) is -4.17. The van der Waals surface area contributed by atoms with E-state index in [2.05, 4.69) is 15.0 Å². The molecule has 0 aromatic carbocycles. The lowest BCUT2D eigenvalue weighted by molar-refractivity contribution is -0.208. The van der Waals surface area contributed by atoms with Crippen molar-refractivity contribution in [3.63, 3.8) is 0 Å². The molecule has 0 radical (unpaired) electrons. The summed E-state index contributed by atoms with van der Waals surface area (Å²) in [6.45, 7) is 1.78. The molecule has 0 bridgehead atoms. The van der Waals surface area contributed by atoms with Gasteiger partial charge in [0, 0.05) is 0 Å². The van der Waals surface area contributed by atoms with E-state index in [4.69, 9.17) is 24.0 Å². The minimum atomic E-state index is -4.52. The Hall–Kier alpha value is -1.86. The number of halogens is 4. The summed E-state index contributed by atoms with van der Waals surface area (Å²) in [5.41, 5.74) is 2.57. The van der Waals surface area contributed by atoms with Gasteiger partial charge in [-0.05, 0) is 13.8 Å². The Labute approximate surface area is 160 Å². The van der Waals surface area contributed by atoms with Crippen molar-refractivity contribution in [2.75, 3.05) is 12.3 Å². The molecule has 4 atom stereocenters. The number of imidazole rings is 1. The SMILES string of the molecule is CC(C)OP1(=O)OCC2(C(F)F)OC(n3cnc4c(N)ncnc43)C(F)(F)C2O1. The van der Waals surface area contributed by atoms with Gasteiger partial charge >= 0.3 is 13.7 Å². The zero-order chi connectivity index (χ0) is 21.2. The highest BCUT2D eigenvalue weighted by molar-refractivity contribution is 7.48. The molecule has 2 aliphatic rings. The molecule has 2 aliphatic heterocycles. The third-order valence-electron chi connectivity index (χ3n) is 4.49. The second-order valence-electron chi connectivity index (χ2n) is 6.84. The number of aromatic nitrogens is 4. The lowest BCUT2D eigenvalue weighted by Gasteiger charge is -2.39. The Morgan fingerprint density at radius 1 is 1.34 bits per heavy atom. The Bertz CT molecular complexity index is 990. The van der Waals surface area contributed by atoms with Crippen molar-refractivity contribution in [2.45, 2.75) is 50.2 Å². The van der Waals surface area contributed by atoms with Crippen LogP contribution < -0.4 is 5.73 Å². The maximum absolute atomic E-state index is 15.3. The van der Waals surface area contributed by atoms with E-state index in [0.29, 0.717) is 0 Å². The number of hydrogen-bond donors (Lipinski definition) is 1. The molecule has 2 aromatic rings. The van der Waals surface area contributed by atoms with Crippen LogP contribution in [0.3, 0.4) is 0 Å². The van der Waals surface area contributed by atoms with Crippen LogP contribution in [0.1, 0.15) is 20.1 Å². The quantitative estimate of drug-likeness (QED) is 0.563. The van der Waals surface area contributed by atoms with Gasteiger partial charge in [0.25, 0.3) is 6.43 Å². The lowest BCUT2D eigenvalue weighted by Crippen LogP contribution is -2.57. The fourth-order valence-corrected chi connectivity index (χ4v) is 4.86. The first kappa shape index (κ1) is 20.4. The van der Waals surface area contributed by atoms with E-state index in [1.54, 1.807) is 0 Å². The molecule has 2 saturated heterocycles. The average molecular weight is 441 g/mol. The van der Waals surface area contributed by atoms with Gasteiger partial charge in [0.1, 0.15) is 11.8 Å². The van der Waals surface area contributed by atoms with Gasteiger partial charge in [-0.2, -0.15) is 8.78 Å². The van der Waals surface area contributed by atoms with E-state index in [1.165, 1.54) is 13.8 Å². The highest BCUT2D eigenvalue weighted by atomic mass is 31.2. The molecule has 2 fully saturated rings. The van der Waals surface area contributed by atoms with Gasteiger partial charge in [-0.3, -0.25) is 18.1 Å². The summed E-state index contributed by atoms with van der Waals surface area (Å²) in [4.78, 5) is 11.4. The normalized spacial score (nSPS) is 34.2. The van der Waals surface area contributed by atoms with Crippen LogP contribution in [0.15, 0.2) is 12.7 Å². The molecule has 15 heteroatoms. The monoisotopic (exact) mass is 441 g/mol. The first-order valence-electron chi connectivity index (χ1n) is 8.38. The lowest BCUT2D eigenvalue weighted by atomic mass is 9.96. The molecule has 2 aromatic heterocycles. The van der Waals surface area contributed by atoms with Gasteiger partial charge in [0.05, 0.1) is 19.0 Å². The summed E-state index contributed by atoms with van der Waals surface area (Å²) in [7, 11) is -4.52. The van der Waals surface area contributed by atoms with Crippen LogP contribution >= 0.6 is 7.82 Å². The molecule has 10 nitrogen and oxygen atoms in total. The number of fused-ring (bicyclic) bond motifs is 2. The van der Waals surface area contributed by atoms with Gasteiger partial charge in [0.15, 0.2) is 23.2 Å². The van der Waals surface area contributed by atoms with Gasteiger partial charge in [-0.1, -0.05) is 0 Å². The predicted octanol–water partition coefficient (Wildman–Crippen LogP) is 2.53. The fourth-order valence-electron chi connectivity index (χ4n) is 3.24. The molecule has 4 heterocycles. The molecular formula is C14H16F4N5O5P. The van der Waals surface area contributed by atoms with E-state index >= 15 is 8.78 Å². The number of phosphoric acid groups is 1. The number of anilines is 1. The summed E-state index contributed by atoms with van der Waals surface area (Å²) >= 11 is 0. The van der Waals surface area contributed by atoms with E-state index in [1.807, 2.05) is 0 Å². The molecule has 0 saturated carbocycles. The third-order valence-corrected chi connectivity index (χ3v) is 6.08. The van der Waals surface area contributed by atoms with Crippen molar-refractivity contribution < 1.29 is 40.4 Å². The minimum Gasteiger partial charge on any atom is -0.382 e. The van der Waals surface area contributed by atoms with Crippen molar-refractivity contribution in [3.05, 3.63) is 12.7 Å². The first-order valence-corrected chi connectivity index (χ1v) is 9.84. The third kappa shape index (κ3) is 3.01. The smallest absolute Gasteiger partial charge is 0.382 e. The van der Waals surface area contributed by atoms with Crippen LogP contribution in [0, 0.1) is 0 Å². The van der Waals surface area contributed by atoms with Crippen LogP contribution in [-0.2, 0) is 22.9 Å². The minimum absolute atomic E-state index is 0.0150. The molecule has 0 aliphatic carbocycles. The predicted molar refractivity (Wildman–Crippen MR) is 88.2 cm³/mol. The summed E-state index contributed by atoms with van der Waals surface area (Å²) in [6.07, 6.45) is -7.20. The van der Waals surface area contributed by atoms with Crippen molar-refractivity contribution in [2.24, 2.45) is 0 Å². The zero-order valence-electron chi connectivity index (χ0n) is 15.0. The van der Waals surface area contributed by atoms with E-state index in [9.17, 15) is 13.3 Å². The largest absolute Gasteiger partial charge is 0.475 e. The Kier molecular flexibility index (Phi) is 4.63. The standard InChI is InChI=1S/C14H16F4N5O5P/c1-6(2)27-29(24)25-3-13(11(15)16)10(28-29)14(17,18)12(26-13)23-5-22-7-8(19)20-4-21-9(7)23/h4-6,10-12H,3H2,1-2H3,(H2,19,20,21). The highest BCUT2D eigenvalue weighted by Crippen LogP contribution is 2.64. The average Bonchev–Trinajstić information content (AvgIpc) is 3.13. The van der Waals surface area contributed by atoms with Crippen molar-refractivity contribution >= 4 is 24.8 Å². The van der Waals surface area contributed by atoms with Gasteiger partial charge < -0.3 is 10.5 Å². The Balaban J connectivity index is 1.79. The zero-order valence-corrected chi connectivity index (χ0v) is 15.9. The Morgan fingerprint density at radius 2 is 2.07 bits per heavy atom. The molecule has 29 heavy (non-hydrogen) atoms. The van der Waals surface area contributed by atoms with E-state index in [-0.39, 0.29) is 17.0 Å². The molecule has 0 amide bonds. The van der Waals surface area contributed by atoms with Crippen molar-refractivity contribution in [3.8, 4) is 0 Å². The van der Waals surface area contributed by atoms with Gasteiger partial charge in [-0.15, -0.1) is 0 Å².